The van der Waals surface area contributed by atoms with Gasteiger partial charge in [0.15, 0.2) is 0 Å². The summed E-state index contributed by atoms with van der Waals surface area (Å²) in [5.41, 5.74) is -3.42. The molecule has 36 heavy (non-hydrogen) atoms. The molecule has 0 bridgehead atoms. The summed E-state index contributed by atoms with van der Waals surface area (Å²) in [4.78, 5) is 14.0. The van der Waals surface area contributed by atoms with Crippen molar-refractivity contribution >= 4 is 17.5 Å². The van der Waals surface area contributed by atoms with Gasteiger partial charge in [-0.2, -0.15) is 26.3 Å². The van der Waals surface area contributed by atoms with E-state index in [1.165, 1.54) is 6.92 Å². The fraction of sp³-hybridized carbons (Fsp3) is 0.480. The van der Waals surface area contributed by atoms with Crippen molar-refractivity contribution in [3.05, 3.63) is 70.8 Å². The standard InChI is InChI=1S/C25H25ClF6N2O2/c1-15(16-9-18(24(27,28)29)11-19(10-16)25(30,31)32)36-14-23(17-5-3-2-4-6-17)12-20(13-33-23)34-21(26)7-8-22(34)35/h2-6,9-11,15,20-21,33H,7-8,12-14H2,1H3/t15-,20+,21?,23-/m1/s1. The van der Waals surface area contributed by atoms with E-state index < -0.39 is 40.6 Å². The third-order valence-corrected chi connectivity index (χ3v) is 7.25. The molecule has 2 heterocycles. The lowest BCUT2D eigenvalue weighted by atomic mass is 9.87. The summed E-state index contributed by atoms with van der Waals surface area (Å²) in [6.45, 7) is 1.80. The van der Waals surface area contributed by atoms with Crippen molar-refractivity contribution in [3.8, 4) is 0 Å². The number of nitrogens with one attached hydrogen (secondary N) is 1. The number of hydrogen-bond acceptors (Lipinski definition) is 3. The third kappa shape index (κ3) is 5.50. The quantitative estimate of drug-likeness (QED) is 0.271. The molecule has 0 radical (unpaired) electrons. The summed E-state index contributed by atoms with van der Waals surface area (Å²) in [5, 5.41) is 3.40. The molecule has 4 atom stereocenters. The molecule has 4 rings (SSSR count). The molecule has 2 saturated heterocycles. The summed E-state index contributed by atoms with van der Waals surface area (Å²) < 4.78 is 85.8. The first kappa shape index (κ1) is 26.8. The highest BCUT2D eigenvalue weighted by Crippen LogP contribution is 2.40. The van der Waals surface area contributed by atoms with Crippen LogP contribution in [0, 0.1) is 0 Å². The Balaban J connectivity index is 1.60. The van der Waals surface area contributed by atoms with E-state index in [2.05, 4.69) is 5.32 Å². The van der Waals surface area contributed by atoms with Crippen molar-refractivity contribution in [3.63, 3.8) is 0 Å². The fourth-order valence-electron chi connectivity index (χ4n) is 4.90. The molecular weight excluding hydrogens is 510 g/mol. The minimum absolute atomic E-state index is 0.0404. The number of carbonyl (C=O) groups excluding carboxylic acids is 1. The maximum atomic E-state index is 13.3. The average molecular weight is 535 g/mol. The molecule has 0 saturated carbocycles. The minimum Gasteiger partial charge on any atom is -0.372 e. The van der Waals surface area contributed by atoms with Gasteiger partial charge in [0.25, 0.3) is 0 Å². The van der Waals surface area contributed by atoms with E-state index in [1.807, 2.05) is 30.3 Å². The van der Waals surface area contributed by atoms with Crippen LogP contribution in [0.15, 0.2) is 48.5 Å². The van der Waals surface area contributed by atoms with Gasteiger partial charge in [-0.1, -0.05) is 41.9 Å². The van der Waals surface area contributed by atoms with Crippen LogP contribution in [0.25, 0.3) is 0 Å². The van der Waals surface area contributed by atoms with Crippen LogP contribution < -0.4 is 5.32 Å². The van der Waals surface area contributed by atoms with Crippen LogP contribution >= 0.6 is 11.6 Å². The number of hydrogen-bond donors (Lipinski definition) is 1. The van der Waals surface area contributed by atoms with Gasteiger partial charge in [-0.25, -0.2) is 0 Å². The van der Waals surface area contributed by atoms with Gasteiger partial charge in [0, 0.05) is 19.0 Å². The van der Waals surface area contributed by atoms with Crippen molar-refractivity contribution in [2.45, 2.75) is 61.7 Å². The Morgan fingerprint density at radius 2 is 1.69 bits per heavy atom. The lowest BCUT2D eigenvalue weighted by molar-refractivity contribution is -0.143. The summed E-state index contributed by atoms with van der Waals surface area (Å²) in [6, 6.07) is 10.4. The maximum absolute atomic E-state index is 13.3. The summed E-state index contributed by atoms with van der Waals surface area (Å²) in [5.74, 6) is -0.0522. The zero-order valence-electron chi connectivity index (χ0n) is 19.3. The van der Waals surface area contributed by atoms with Gasteiger partial charge in [-0.15, -0.1) is 0 Å². The highest BCUT2D eigenvalue weighted by atomic mass is 35.5. The number of alkyl halides is 7. The van der Waals surface area contributed by atoms with Crippen molar-refractivity contribution in [1.29, 1.82) is 0 Å². The first-order valence-electron chi connectivity index (χ1n) is 11.5. The lowest BCUT2D eigenvalue weighted by Gasteiger charge is -2.33. The SMILES string of the molecule is C[C@@H](OC[C@@]1(c2ccccc2)C[C@H](N2C(=O)CCC2Cl)CN1)c1cc(C(F)(F)F)cc(C(F)(F)F)c1. The predicted octanol–water partition coefficient (Wildman–Crippen LogP) is 6.25. The number of rotatable bonds is 6. The third-order valence-electron chi connectivity index (χ3n) is 6.83. The van der Waals surface area contributed by atoms with E-state index in [0.29, 0.717) is 37.9 Å². The topological polar surface area (TPSA) is 41.6 Å². The summed E-state index contributed by atoms with van der Waals surface area (Å²) >= 11 is 6.37. The number of carbonyl (C=O) groups is 1. The average Bonchev–Trinajstić information content (AvgIpc) is 3.40. The Hall–Kier alpha value is -2.30. The van der Waals surface area contributed by atoms with E-state index in [0.717, 1.165) is 5.56 Å². The molecule has 2 fully saturated rings. The first-order valence-corrected chi connectivity index (χ1v) is 11.9. The molecule has 2 aliphatic heterocycles. The molecule has 2 aromatic carbocycles. The van der Waals surface area contributed by atoms with Crippen molar-refractivity contribution < 1.29 is 35.9 Å². The predicted molar refractivity (Wildman–Crippen MR) is 121 cm³/mol. The monoisotopic (exact) mass is 534 g/mol. The molecule has 0 aliphatic carbocycles. The van der Waals surface area contributed by atoms with Gasteiger partial charge in [-0.05, 0) is 49.1 Å². The van der Waals surface area contributed by atoms with E-state index in [9.17, 15) is 31.1 Å². The van der Waals surface area contributed by atoms with E-state index >= 15 is 0 Å². The molecule has 1 unspecified atom stereocenters. The molecule has 2 aromatic rings. The van der Waals surface area contributed by atoms with Gasteiger partial charge in [0.1, 0.15) is 5.50 Å². The van der Waals surface area contributed by atoms with Crippen LogP contribution in [-0.2, 0) is 27.4 Å². The van der Waals surface area contributed by atoms with E-state index in [4.69, 9.17) is 16.3 Å². The van der Waals surface area contributed by atoms with Crippen LogP contribution in [0.4, 0.5) is 26.3 Å². The zero-order valence-corrected chi connectivity index (χ0v) is 20.1. The van der Waals surface area contributed by atoms with E-state index in [-0.39, 0.29) is 30.2 Å². The van der Waals surface area contributed by atoms with Crippen LogP contribution in [0.5, 0.6) is 0 Å². The van der Waals surface area contributed by atoms with Crippen LogP contribution in [-0.4, -0.2) is 35.5 Å². The second-order valence-electron chi connectivity index (χ2n) is 9.25. The van der Waals surface area contributed by atoms with Gasteiger partial charge in [0.2, 0.25) is 5.91 Å². The molecule has 1 amide bonds. The van der Waals surface area contributed by atoms with Gasteiger partial charge < -0.3 is 15.0 Å². The van der Waals surface area contributed by atoms with Crippen LogP contribution in [0.2, 0.25) is 0 Å². The number of nitrogens with zero attached hydrogens (tertiary/aromatic N) is 1. The van der Waals surface area contributed by atoms with Crippen molar-refractivity contribution in [2.24, 2.45) is 0 Å². The Labute approximate surface area is 209 Å². The fourth-order valence-corrected chi connectivity index (χ4v) is 5.28. The molecule has 4 nitrogen and oxygen atoms in total. The number of halogens is 7. The Kier molecular flexibility index (Phi) is 7.34. The number of ether oxygens (including phenoxy) is 1. The Morgan fingerprint density at radius 3 is 2.22 bits per heavy atom. The zero-order chi connectivity index (χ0) is 26.3. The first-order chi connectivity index (χ1) is 16.8. The van der Waals surface area contributed by atoms with Crippen LogP contribution in [0.3, 0.4) is 0 Å². The van der Waals surface area contributed by atoms with Gasteiger partial charge in [0.05, 0.1) is 29.4 Å². The highest BCUT2D eigenvalue weighted by molar-refractivity contribution is 6.22. The lowest BCUT2D eigenvalue weighted by Crippen LogP contribution is -2.42. The Morgan fingerprint density at radius 1 is 1.08 bits per heavy atom. The van der Waals surface area contributed by atoms with Crippen molar-refractivity contribution in [1.82, 2.24) is 10.2 Å². The van der Waals surface area contributed by atoms with Gasteiger partial charge >= 0.3 is 12.4 Å². The summed E-state index contributed by atoms with van der Waals surface area (Å²) in [7, 11) is 0. The summed E-state index contributed by atoms with van der Waals surface area (Å²) in [6.07, 6.45) is -9.63. The molecule has 11 heteroatoms. The number of benzene rings is 2. The minimum atomic E-state index is -4.94. The maximum Gasteiger partial charge on any atom is 0.416 e. The second kappa shape index (κ2) is 9.87. The molecule has 2 aliphatic rings. The number of likely N-dealkylation sites (tertiary alicyclic amines) is 1. The van der Waals surface area contributed by atoms with E-state index in [1.54, 1.807) is 4.90 Å². The molecular formula is C25H25ClF6N2O2. The van der Waals surface area contributed by atoms with Crippen molar-refractivity contribution in [2.75, 3.05) is 13.2 Å². The highest BCUT2D eigenvalue weighted by Gasteiger charge is 2.47. The smallest absolute Gasteiger partial charge is 0.372 e. The van der Waals surface area contributed by atoms with Crippen LogP contribution in [0.1, 0.15) is 54.5 Å². The normalized spacial score (nSPS) is 26.0. The van der Waals surface area contributed by atoms with Gasteiger partial charge in [-0.3, -0.25) is 4.79 Å². The molecule has 0 aromatic heterocycles. The second-order valence-corrected chi connectivity index (χ2v) is 9.76. The largest absolute Gasteiger partial charge is 0.416 e. The molecule has 196 valence electrons. The Bertz CT molecular complexity index is 1060. The molecule has 1 N–H and O–H groups in total. The number of amides is 1. The molecule has 0 spiro atoms.